The van der Waals surface area contributed by atoms with E-state index in [0.29, 0.717) is 24.9 Å². The molecule has 5 heteroatoms. The molecular formula is C10H11N3O2. The number of H-pyrrole nitrogens is 1. The number of aromatic nitrogens is 1. The van der Waals surface area contributed by atoms with Gasteiger partial charge in [-0.05, 0) is 12.5 Å². The number of carbonyl (C=O) groups excluding carboxylic acids is 1. The van der Waals surface area contributed by atoms with E-state index in [4.69, 9.17) is 5.26 Å². The third-order valence-corrected chi connectivity index (χ3v) is 1.79. The highest BCUT2D eigenvalue weighted by molar-refractivity contribution is 5.93. The van der Waals surface area contributed by atoms with Gasteiger partial charge in [-0.1, -0.05) is 0 Å². The standard InChI is InChI=1S/C10H11N3O2/c11-4-1-2-5-13-10(15)8-3-6-12-9(14)7-8/h3,6-7H,1-2,5H2,(H,12,14)(H,13,15). The zero-order chi connectivity index (χ0) is 11.1. The van der Waals surface area contributed by atoms with Crippen LogP contribution in [0.15, 0.2) is 23.1 Å². The highest BCUT2D eigenvalue weighted by atomic mass is 16.2. The van der Waals surface area contributed by atoms with Gasteiger partial charge in [0, 0.05) is 30.8 Å². The Hall–Kier alpha value is -2.09. The van der Waals surface area contributed by atoms with Crippen molar-refractivity contribution < 1.29 is 4.79 Å². The van der Waals surface area contributed by atoms with Gasteiger partial charge >= 0.3 is 0 Å². The molecule has 0 aliphatic carbocycles. The second-order valence-corrected chi connectivity index (χ2v) is 2.96. The molecule has 0 saturated heterocycles. The maximum absolute atomic E-state index is 11.4. The van der Waals surface area contributed by atoms with Crippen LogP contribution in [0.3, 0.4) is 0 Å². The summed E-state index contributed by atoms with van der Waals surface area (Å²) in [6.07, 6.45) is 2.45. The van der Waals surface area contributed by atoms with Crippen LogP contribution < -0.4 is 10.9 Å². The predicted molar refractivity (Wildman–Crippen MR) is 54.2 cm³/mol. The number of hydrogen-bond donors (Lipinski definition) is 2. The SMILES string of the molecule is N#CCCCNC(=O)c1cc[nH]c(=O)c1. The van der Waals surface area contributed by atoms with Gasteiger partial charge in [0.2, 0.25) is 5.56 Å². The van der Waals surface area contributed by atoms with Gasteiger partial charge in [-0.15, -0.1) is 0 Å². The molecule has 0 fully saturated rings. The summed E-state index contributed by atoms with van der Waals surface area (Å²) < 4.78 is 0. The van der Waals surface area contributed by atoms with Gasteiger partial charge in [0.25, 0.3) is 5.91 Å². The van der Waals surface area contributed by atoms with E-state index < -0.39 is 0 Å². The predicted octanol–water partition coefficient (Wildman–Crippen LogP) is 0.408. The number of rotatable bonds is 4. The van der Waals surface area contributed by atoms with Crippen LogP contribution in [-0.4, -0.2) is 17.4 Å². The second-order valence-electron chi connectivity index (χ2n) is 2.96. The van der Waals surface area contributed by atoms with E-state index in [1.807, 2.05) is 6.07 Å². The van der Waals surface area contributed by atoms with Crippen LogP contribution in [0.5, 0.6) is 0 Å². The third-order valence-electron chi connectivity index (χ3n) is 1.79. The van der Waals surface area contributed by atoms with E-state index in [9.17, 15) is 9.59 Å². The molecule has 1 amide bonds. The Bertz CT molecular complexity index is 431. The van der Waals surface area contributed by atoms with E-state index in [1.54, 1.807) is 0 Å². The van der Waals surface area contributed by atoms with Gasteiger partial charge in [-0.25, -0.2) is 0 Å². The van der Waals surface area contributed by atoms with Crippen molar-refractivity contribution in [3.8, 4) is 6.07 Å². The monoisotopic (exact) mass is 205 g/mol. The maximum atomic E-state index is 11.4. The molecule has 0 spiro atoms. The lowest BCUT2D eigenvalue weighted by Crippen LogP contribution is -2.25. The van der Waals surface area contributed by atoms with Crippen molar-refractivity contribution in [3.63, 3.8) is 0 Å². The quantitative estimate of drug-likeness (QED) is 0.698. The van der Waals surface area contributed by atoms with Crippen molar-refractivity contribution in [2.45, 2.75) is 12.8 Å². The topological polar surface area (TPSA) is 85.8 Å². The number of hydrogen-bond acceptors (Lipinski definition) is 3. The Morgan fingerprint density at radius 1 is 1.60 bits per heavy atom. The molecule has 0 atom stereocenters. The summed E-state index contributed by atoms with van der Waals surface area (Å²) in [4.78, 5) is 24.7. The lowest BCUT2D eigenvalue weighted by Gasteiger charge is -2.02. The normalized spacial score (nSPS) is 9.27. The summed E-state index contributed by atoms with van der Waals surface area (Å²) in [6.45, 7) is 0.444. The molecule has 0 radical (unpaired) electrons. The maximum Gasteiger partial charge on any atom is 0.251 e. The number of nitrogens with one attached hydrogen (secondary N) is 2. The van der Waals surface area contributed by atoms with Crippen molar-refractivity contribution in [2.75, 3.05) is 6.54 Å². The minimum absolute atomic E-state index is 0.293. The van der Waals surface area contributed by atoms with Crippen LogP contribution in [0.25, 0.3) is 0 Å². The first-order valence-corrected chi connectivity index (χ1v) is 4.58. The van der Waals surface area contributed by atoms with Crippen molar-refractivity contribution in [3.05, 3.63) is 34.2 Å². The Morgan fingerprint density at radius 3 is 3.07 bits per heavy atom. The van der Waals surface area contributed by atoms with E-state index in [0.717, 1.165) is 0 Å². The van der Waals surface area contributed by atoms with Crippen LogP contribution in [0.4, 0.5) is 0 Å². The molecule has 0 bridgehead atoms. The summed E-state index contributed by atoms with van der Waals surface area (Å²) in [6, 6.07) is 4.75. The average molecular weight is 205 g/mol. The number of aromatic amines is 1. The minimum Gasteiger partial charge on any atom is -0.352 e. The lowest BCUT2D eigenvalue weighted by molar-refractivity contribution is 0.0953. The molecule has 0 aromatic carbocycles. The van der Waals surface area contributed by atoms with E-state index in [2.05, 4.69) is 10.3 Å². The number of nitriles is 1. The summed E-state index contributed by atoms with van der Waals surface area (Å²) >= 11 is 0. The fourth-order valence-electron chi connectivity index (χ4n) is 1.06. The average Bonchev–Trinajstić information content (AvgIpc) is 2.24. The first-order chi connectivity index (χ1) is 7.24. The molecule has 78 valence electrons. The molecular weight excluding hydrogens is 194 g/mol. The summed E-state index contributed by atoms with van der Waals surface area (Å²) in [5.41, 5.74) is 0.0235. The summed E-state index contributed by atoms with van der Waals surface area (Å²) in [5, 5.41) is 10.9. The highest BCUT2D eigenvalue weighted by Crippen LogP contribution is 1.93. The molecule has 1 rings (SSSR count). The number of nitrogens with zero attached hydrogens (tertiary/aromatic N) is 1. The van der Waals surface area contributed by atoms with Crippen molar-refractivity contribution in [1.82, 2.24) is 10.3 Å². The molecule has 0 saturated carbocycles. The molecule has 1 aromatic heterocycles. The van der Waals surface area contributed by atoms with Crippen LogP contribution in [0, 0.1) is 11.3 Å². The van der Waals surface area contributed by atoms with Gasteiger partial charge in [0.1, 0.15) is 0 Å². The Balaban J connectivity index is 2.48. The van der Waals surface area contributed by atoms with E-state index >= 15 is 0 Å². The van der Waals surface area contributed by atoms with Crippen molar-refractivity contribution in [2.24, 2.45) is 0 Å². The van der Waals surface area contributed by atoms with Gasteiger partial charge in [-0.2, -0.15) is 5.26 Å². The number of pyridine rings is 1. The third kappa shape index (κ3) is 3.65. The smallest absolute Gasteiger partial charge is 0.251 e. The molecule has 1 aromatic rings. The van der Waals surface area contributed by atoms with Crippen LogP contribution in [0.2, 0.25) is 0 Å². The summed E-state index contributed by atoms with van der Waals surface area (Å²) in [5.74, 6) is -0.293. The lowest BCUT2D eigenvalue weighted by atomic mass is 10.2. The first-order valence-electron chi connectivity index (χ1n) is 4.58. The highest BCUT2D eigenvalue weighted by Gasteiger charge is 2.03. The fourth-order valence-corrected chi connectivity index (χ4v) is 1.06. The Kier molecular flexibility index (Phi) is 4.10. The molecule has 1 heterocycles. The van der Waals surface area contributed by atoms with Gasteiger partial charge in [-0.3, -0.25) is 9.59 Å². The molecule has 5 nitrogen and oxygen atoms in total. The van der Waals surface area contributed by atoms with Crippen molar-refractivity contribution >= 4 is 5.91 Å². The fraction of sp³-hybridized carbons (Fsp3) is 0.300. The van der Waals surface area contributed by atoms with E-state index in [1.165, 1.54) is 18.3 Å². The number of carbonyl (C=O) groups is 1. The second kappa shape index (κ2) is 5.60. The number of amides is 1. The molecule has 0 aliphatic heterocycles. The number of unbranched alkanes of at least 4 members (excludes halogenated alkanes) is 1. The Labute approximate surface area is 86.7 Å². The first kappa shape index (κ1) is 11.0. The molecule has 15 heavy (non-hydrogen) atoms. The van der Waals surface area contributed by atoms with Gasteiger partial charge in [0.15, 0.2) is 0 Å². The van der Waals surface area contributed by atoms with Crippen LogP contribution >= 0.6 is 0 Å². The zero-order valence-electron chi connectivity index (χ0n) is 8.12. The van der Waals surface area contributed by atoms with Crippen LogP contribution in [0.1, 0.15) is 23.2 Å². The van der Waals surface area contributed by atoms with Crippen molar-refractivity contribution in [1.29, 1.82) is 5.26 Å². The largest absolute Gasteiger partial charge is 0.352 e. The molecule has 2 N–H and O–H groups in total. The minimum atomic E-state index is -0.306. The zero-order valence-corrected chi connectivity index (χ0v) is 8.12. The van der Waals surface area contributed by atoms with Crippen LogP contribution in [-0.2, 0) is 0 Å². The molecule has 0 unspecified atom stereocenters. The van der Waals surface area contributed by atoms with E-state index in [-0.39, 0.29) is 11.5 Å². The summed E-state index contributed by atoms with van der Waals surface area (Å²) in [7, 11) is 0. The van der Waals surface area contributed by atoms with Gasteiger partial charge in [0.05, 0.1) is 6.07 Å². The Morgan fingerprint density at radius 2 is 2.40 bits per heavy atom. The molecule has 0 aliphatic rings. The van der Waals surface area contributed by atoms with Gasteiger partial charge < -0.3 is 10.3 Å².